The second-order valence-corrected chi connectivity index (χ2v) is 5.20. The Morgan fingerprint density at radius 1 is 1.39 bits per heavy atom. The van der Waals surface area contributed by atoms with E-state index in [1.165, 1.54) is 0 Å². The van der Waals surface area contributed by atoms with E-state index in [1.54, 1.807) is 11.8 Å². The van der Waals surface area contributed by atoms with E-state index in [0.717, 1.165) is 5.75 Å². The number of nitrogens with two attached hydrogens (primary N) is 1. The predicted molar refractivity (Wildman–Crippen MR) is 75.0 cm³/mol. The van der Waals surface area contributed by atoms with Crippen LogP contribution in [-0.4, -0.2) is 42.5 Å². The zero-order valence-corrected chi connectivity index (χ0v) is 11.7. The molecule has 0 aromatic rings. The van der Waals surface area contributed by atoms with E-state index in [9.17, 15) is 9.59 Å². The maximum Gasteiger partial charge on any atom is 0.239 e. The lowest BCUT2D eigenvalue weighted by molar-refractivity contribution is -0.127. The van der Waals surface area contributed by atoms with Gasteiger partial charge in [0.1, 0.15) is 0 Å². The number of rotatable bonds is 8. The smallest absolute Gasteiger partial charge is 0.239 e. The fraction of sp³-hybridized carbons (Fsp3) is 0.667. The minimum absolute atomic E-state index is 0.0426. The van der Waals surface area contributed by atoms with Crippen molar-refractivity contribution >= 4 is 23.6 Å². The van der Waals surface area contributed by atoms with Crippen LogP contribution in [0, 0.1) is 18.3 Å². The van der Waals surface area contributed by atoms with Gasteiger partial charge in [-0.3, -0.25) is 9.59 Å². The lowest BCUT2D eigenvalue weighted by Crippen LogP contribution is -2.47. The third-order valence-electron chi connectivity index (χ3n) is 2.20. The summed E-state index contributed by atoms with van der Waals surface area (Å²) >= 11 is 1.57. The standard InChI is InChI=1S/C12H21N3O2S/c1-4-6-18-7-5-14-10(16)8-15-12(17)11(13)9(2)3/h1,9,11H,5-8,13H2,2-3H3,(H,14,16)(H,15,17)/t11-/m0/s1. The first kappa shape index (κ1) is 16.8. The Morgan fingerprint density at radius 2 is 2.06 bits per heavy atom. The molecule has 1 atom stereocenters. The molecular formula is C12H21N3O2S. The van der Waals surface area contributed by atoms with Crippen molar-refractivity contribution in [2.45, 2.75) is 19.9 Å². The van der Waals surface area contributed by atoms with E-state index in [-0.39, 0.29) is 24.3 Å². The van der Waals surface area contributed by atoms with Crippen molar-refractivity contribution in [3.63, 3.8) is 0 Å². The number of hydrogen-bond donors (Lipinski definition) is 3. The maximum atomic E-state index is 11.5. The average Bonchev–Trinajstić information content (AvgIpc) is 2.34. The Labute approximate surface area is 113 Å². The van der Waals surface area contributed by atoms with Crippen molar-refractivity contribution < 1.29 is 9.59 Å². The second kappa shape index (κ2) is 9.80. The van der Waals surface area contributed by atoms with Crippen LogP contribution in [0.5, 0.6) is 0 Å². The lowest BCUT2D eigenvalue weighted by atomic mass is 10.1. The predicted octanol–water partition coefficient (Wildman–Crippen LogP) is -0.431. The normalized spacial score (nSPS) is 11.7. The summed E-state index contributed by atoms with van der Waals surface area (Å²) in [5.74, 6) is 3.42. The number of hydrogen-bond acceptors (Lipinski definition) is 4. The minimum atomic E-state index is -0.580. The zero-order valence-electron chi connectivity index (χ0n) is 10.9. The molecule has 0 saturated heterocycles. The van der Waals surface area contributed by atoms with Crippen LogP contribution in [0.2, 0.25) is 0 Å². The summed E-state index contributed by atoms with van der Waals surface area (Å²) in [6.07, 6.45) is 5.09. The first-order valence-corrected chi connectivity index (χ1v) is 6.95. The molecule has 18 heavy (non-hydrogen) atoms. The molecule has 0 aliphatic rings. The quantitative estimate of drug-likeness (QED) is 0.413. The number of terminal acetylenes is 1. The molecule has 0 spiro atoms. The fourth-order valence-electron chi connectivity index (χ4n) is 1.04. The van der Waals surface area contributed by atoms with Gasteiger partial charge in [-0.1, -0.05) is 19.8 Å². The Balaban J connectivity index is 3.65. The van der Waals surface area contributed by atoms with Gasteiger partial charge in [-0.05, 0) is 5.92 Å². The molecule has 0 heterocycles. The lowest BCUT2D eigenvalue weighted by Gasteiger charge is -2.15. The molecule has 0 aromatic heterocycles. The van der Waals surface area contributed by atoms with Gasteiger partial charge in [0.15, 0.2) is 0 Å². The highest BCUT2D eigenvalue weighted by Gasteiger charge is 2.17. The first-order chi connectivity index (χ1) is 8.49. The van der Waals surface area contributed by atoms with Crippen molar-refractivity contribution in [2.24, 2.45) is 11.7 Å². The van der Waals surface area contributed by atoms with Crippen LogP contribution in [0.1, 0.15) is 13.8 Å². The molecule has 5 nitrogen and oxygen atoms in total. The van der Waals surface area contributed by atoms with Crippen LogP contribution in [0.4, 0.5) is 0 Å². The van der Waals surface area contributed by atoms with Gasteiger partial charge in [0.05, 0.1) is 18.3 Å². The topological polar surface area (TPSA) is 84.2 Å². The molecule has 0 aliphatic carbocycles. The van der Waals surface area contributed by atoms with Crippen molar-refractivity contribution in [3.05, 3.63) is 0 Å². The third-order valence-corrected chi connectivity index (χ3v) is 3.06. The van der Waals surface area contributed by atoms with Crippen molar-refractivity contribution in [3.8, 4) is 12.3 Å². The molecule has 0 radical (unpaired) electrons. The van der Waals surface area contributed by atoms with Gasteiger partial charge in [-0.25, -0.2) is 0 Å². The molecule has 0 aromatic carbocycles. The Hall–Kier alpha value is -1.19. The molecule has 0 bridgehead atoms. The van der Waals surface area contributed by atoms with Gasteiger partial charge in [0.25, 0.3) is 0 Å². The zero-order chi connectivity index (χ0) is 14.0. The van der Waals surface area contributed by atoms with Crippen LogP contribution in [0.15, 0.2) is 0 Å². The second-order valence-electron chi connectivity index (χ2n) is 4.09. The monoisotopic (exact) mass is 271 g/mol. The number of carbonyl (C=O) groups excluding carboxylic acids is 2. The van der Waals surface area contributed by atoms with Gasteiger partial charge in [-0.15, -0.1) is 18.2 Å². The largest absolute Gasteiger partial charge is 0.354 e. The number of thioether (sulfide) groups is 1. The molecule has 2 amide bonds. The van der Waals surface area contributed by atoms with Crippen molar-refractivity contribution in [1.82, 2.24) is 10.6 Å². The molecule has 6 heteroatoms. The van der Waals surface area contributed by atoms with Crippen molar-refractivity contribution in [1.29, 1.82) is 0 Å². The summed E-state index contributed by atoms with van der Waals surface area (Å²) in [5, 5.41) is 5.18. The number of amides is 2. The first-order valence-electron chi connectivity index (χ1n) is 5.80. The minimum Gasteiger partial charge on any atom is -0.354 e. The SMILES string of the molecule is C#CCSCCNC(=O)CNC(=O)[C@@H](N)C(C)C. The number of nitrogens with one attached hydrogen (secondary N) is 2. The highest BCUT2D eigenvalue weighted by molar-refractivity contribution is 7.99. The Bertz CT molecular complexity index is 313. The average molecular weight is 271 g/mol. The Morgan fingerprint density at radius 3 is 2.61 bits per heavy atom. The summed E-state index contributed by atoms with van der Waals surface area (Å²) < 4.78 is 0. The van der Waals surface area contributed by atoms with Gasteiger partial charge in [-0.2, -0.15) is 0 Å². The van der Waals surface area contributed by atoms with Crippen LogP contribution in [0.3, 0.4) is 0 Å². The summed E-state index contributed by atoms with van der Waals surface area (Å²) in [6, 6.07) is -0.580. The molecule has 102 valence electrons. The summed E-state index contributed by atoms with van der Waals surface area (Å²) in [5.41, 5.74) is 5.64. The van der Waals surface area contributed by atoms with E-state index < -0.39 is 6.04 Å². The fourth-order valence-corrected chi connectivity index (χ4v) is 1.55. The van der Waals surface area contributed by atoms with E-state index >= 15 is 0 Å². The van der Waals surface area contributed by atoms with Crippen molar-refractivity contribution in [2.75, 3.05) is 24.6 Å². The number of carbonyl (C=O) groups is 2. The molecule has 0 rings (SSSR count). The summed E-state index contributed by atoms with van der Waals surface area (Å²) in [7, 11) is 0. The maximum absolute atomic E-state index is 11.5. The summed E-state index contributed by atoms with van der Waals surface area (Å²) in [4.78, 5) is 22.8. The van der Waals surface area contributed by atoms with E-state index in [4.69, 9.17) is 12.2 Å². The Kier molecular flexibility index (Phi) is 9.15. The van der Waals surface area contributed by atoms with Gasteiger partial charge >= 0.3 is 0 Å². The van der Waals surface area contributed by atoms with Crippen LogP contribution >= 0.6 is 11.8 Å². The molecule has 0 fully saturated rings. The molecule has 4 N–H and O–H groups in total. The van der Waals surface area contributed by atoms with Crippen LogP contribution in [0.25, 0.3) is 0 Å². The molecule has 0 unspecified atom stereocenters. The molecular weight excluding hydrogens is 250 g/mol. The van der Waals surface area contributed by atoms with Gasteiger partial charge in [0, 0.05) is 12.3 Å². The highest BCUT2D eigenvalue weighted by Crippen LogP contribution is 1.97. The third kappa shape index (κ3) is 7.98. The molecule has 0 aliphatic heterocycles. The summed E-state index contributed by atoms with van der Waals surface area (Å²) in [6.45, 7) is 4.20. The highest BCUT2D eigenvalue weighted by atomic mass is 32.2. The van der Waals surface area contributed by atoms with Crippen LogP contribution < -0.4 is 16.4 Å². The molecule has 0 saturated carbocycles. The van der Waals surface area contributed by atoms with Gasteiger partial charge in [0.2, 0.25) is 11.8 Å². The van der Waals surface area contributed by atoms with E-state index in [2.05, 4.69) is 16.6 Å². The van der Waals surface area contributed by atoms with E-state index in [1.807, 2.05) is 13.8 Å². The van der Waals surface area contributed by atoms with Crippen LogP contribution in [-0.2, 0) is 9.59 Å². The van der Waals surface area contributed by atoms with E-state index in [0.29, 0.717) is 12.3 Å². The van der Waals surface area contributed by atoms with Gasteiger partial charge < -0.3 is 16.4 Å².